The van der Waals surface area contributed by atoms with Crippen LogP contribution < -0.4 is 10.2 Å². The van der Waals surface area contributed by atoms with Gasteiger partial charge in [-0.3, -0.25) is 0 Å². The lowest BCUT2D eigenvalue weighted by atomic mass is 9.71. The van der Waals surface area contributed by atoms with Gasteiger partial charge in [-0.15, -0.1) is 0 Å². The Kier molecular flexibility index (Phi) is 7.27. The van der Waals surface area contributed by atoms with Crippen LogP contribution in [0.3, 0.4) is 0 Å². The highest BCUT2D eigenvalue weighted by Crippen LogP contribution is 2.47. The predicted octanol–water partition coefficient (Wildman–Crippen LogP) is 4.64. The third-order valence-corrected chi connectivity index (χ3v) is 7.55. The first-order valence-electron chi connectivity index (χ1n) is 12.2. The third kappa shape index (κ3) is 5.43. The number of rotatable bonds is 7. The van der Waals surface area contributed by atoms with Gasteiger partial charge in [-0.2, -0.15) is 18.4 Å². The first-order valence-corrected chi connectivity index (χ1v) is 12.2. The molecule has 4 rings (SSSR count). The monoisotopic (exact) mass is 478 g/mol. The molecular formula is C25H33F3N4O2. The summed E-state index contributed by atoms with van der Waals surface area (Å²) in [6.07, 6.45) is 0.294. The van der Waals surface area contributed by atoms with Crippen LogP contribution in [-0.4, -0.2) is 56.9 Å². The van der Waals surface area contributed by atoms with Gasteiger partial charge in [0.15, 0.2) is 0 Å². The Morgan fingerprint density at radius 3 is 2.62 bits per heavy atom. The number of nitriles is 1. The Labute approximate surface area is 199 Å². The van der Waals surface area contributed by atoms with E-state index in [2.05, 4.69) is 5.32 Å². The number of alkyl halides is 3. The second-order valence-corrected chi connectivity index (χ2v) is 9.98. The van der Waals surface area contributed by atoms with Crippen LogP contribution in [0.5, 0.6) is 0 Å². The van der Waals surface area contributed by atoms with Gasteiger partial charge in [0.05, 0.1) is 23.8 Å². The second kappa shape index (κ2) is 10.0. The number of nitrogens with zero attached hydrogens (tertiary/aromatic N) is 3. The molecule has 9 heteroatoms. The van der Waals surface area contributed by atoms with E-state index in [0.717, 1.165) is 31.9 Å². The number of carbonyl (C=O) groups is 1. The van der Waals surface area contributed by atoms with Crippen LogP contribution >= 0.6 is 0 Å². The summed E-state index contributed by atoms with van der Waals surface area (Å²) in [5, 5.41) is 12.1. The Hall–Kier alpha value is -2.47. The number of amides is 2. The standard InChI is InChI=1S/C25H33F3N4O2/c1-2-9-30-23(33)31-10-7-24(8-11-31)17-32(14-20(24)16-34-15-18-3-4-18)21-6-5-19(13-29)22(12-21)25(26,27)28/h5-6,12,18,20H,2-4,7-11,14-17H2,1H3,(H,30,33). The van der Waals surface area contributed by atoms with Crippen LogP contribution in [0.4, 0.5) is 23.7 Å². The van der Waals surface area contributed by atoms with Crippen LogP contribution in [0, 0.1) is 28.6 Å². The highest BCUT2D eigenvalue weighted by molar-refractivity contribution is 5.74. The van der Waals surface area contributed by atoms with Gasteiger partial charge in [-0.25, -0.2) is 4.79 Å². The largest absolute Gasteiger partial charge is 0.417 e. The fourth-order valence-corrected chi connectivity index (χ4v) is 5.25. The lowest BCUT2D eigenvalue weighted by Crippen LogP contribution is -2.50. The molecule has 0 aromatic heterocycles. The zero-order valence-electron chi connectivity index (χ0n) is 19.7. The molecule has 1 saturated carbocycles. The van der Waals surface area contributed by atoms with Gasteiger partial charge >= 0.3 is 12.2 Å². The average molecular weight is 479 g/mol. The number of likely N-dealkylation sites (tertiary alicyclic amines) is 1. The first-order chi connectivity index (χ1) is 16.3. The SMILES string of the molecule is CCCNC(=O)N1CCC2(CC1)CN(c1ccc(C#N)c(C(F)(F)F)c1)CC2COCC1CC1. The summed E-state index contributed by atoms with van der Waals surface area (Å²) in [7, 11) is 0. The molecule has 2 amide bonds. The van der Waals surface area contributed by atoms with E-state index in [1.165, 1.54) is 18.9 Å². The predicted molar refractivity (Wildman–Crippen MR) is 122 cm³/mol. The summed E-state index contributed by atoms with van der Waals surface area (Å²) in [6.45, 7) is 6.47. The average Bonchev–Trinajstić information content (AvgIpc) is 3.59. The van der Waals surface area contributed by atoms with Crippen molar-refractivity contribution in [2.75, 3.05) is 50.8 Å². The molecule has 3 aliphatic rings. The molecule has 2 heterocycles. The fourth-order valence-electron chi connectivity index (χ4n) is 5.25. The van der Waals surface area contributed by atoms with Crippen molar-refractivity contribution in [1.82, 2.24) is 10.2 Å². The second-order valence-electron chi connectivity index (χ2n) is 9.98. The number of urea groups is 1. The Bertz CT molecular complexity index is 918. The summed E-state index contributed by atoms with van der Waals surface area (Å²) in [5.41, 5.74) is -0.881. The number of anilines is 1. The minimum atomic E-state index is -4.58. The van der Waals surface area contributed by atoms with Gasteiger partial charge < -0.3 is 19.9 Å². The zero-order valence-corrected chi connectivity index (χ0v) is 19.7. The quantitative estimate of drug-likeness (QED) is 0.620. The van der Waals surface area contributed by atoms with Crippen LogP contribution in [0.15, 0.2) is 18.2 Å². The maximum absolute atomic E-state index is 13.5. The normalized spacial score (nSPS) is 22.1. The van der Waals surface area contributed by atoms with Crippen molar-refractivity contribution < 1.29 is 22.7 Å². The molecule has 1 aromatic carbocycles. The van der Waals surface area contributed by atoms with E-state index < -0.39 is 11.7 Å². The number of hydrogen-bond acceptors (Lipinski definition) is 4. The first kappa shape index (κ1) is 24.6. The third-order valence-electron chi connectivity index (χ3n) is 7.55. The van der Waals surface area contributed by atoms with E-state index >= 15 is 0 Å². The minimum Gasteiger partial charge on any atom is -0.381 e. The molecule has 1 spiro atoms. The summed E-state index contributed by atoms with van der Waals surface area (Å²) in [5.74, 6) is 0.822. The van der Waals surface area contributed by atoms with Gasteiger partial charge in [-0.1, -0.05) is 6.92 Å². The molecular weight excluding hydrogens is 445 g/mol. The number of benzene rings is 1. The van der Waals surface area contributed by atoms with Crippen LogP contribution in [0.25, 0.3) is 0 Å². The van der Waals surface area contributed by atoms with Crippen molar-refractivity contribution in [1.29, 1.82) is 5.26 Å². The summed E-state index contributed by atoms with van der Waals surface area (Å²) in [4.78, 5) is 16.3. The molecule has 1 aliphatic carbocycles. The Morgan fingerprint density at radius 1 is 1.26 bits per heavy atom. The highest BCUT2D eigenvalue weighted by Gasteiger charge is 2.49. The van der Waals surface area contributed by atoms with E-state index in [1.807, 2.05) is 16.7 Å². The number of nitrogens with one attached hydrogen (secondary N) is 1. The summed E-state index contributed by atoms with van der Waals surface area (Å²) < 4.78 is 46.7. The highest BCUT2D eigenvalue weighted by atomic mass is 19.4. The molecule has 1 aromatic rings. The molecule has 2 aliphatic heterocycles. The van der Waals surface area contributed by atoms with Crippen molar-refractivity contribution in [3.8, 4) is 6.07 Å². The fraction of sp³-hybridized carbons (Fsp3) is 0.680. The zero-order chi connectivity index (χ0) is 24.3. The Morgan fingerprint density at radius 2 is 2.00 bits per heavy atom. The molecule has 3 fully saturated rings. The van der Waals surface area contributed by atoms with Crippen molar-refractivity contribution >= 4 is 11.7 Å². The smallest absolute Gasteiger partial charge is 0.381 e. The Balaban J connectivity index is 1.50. The summed E-state index contributed by atoms with van der Waals surface area (Å²) >= 11 is 0. The lowest BCUT2D eigenvalue weighted by Gasteiger charge is -2.42. The van der Waals surface area contributed by atoms with E-state index in [0.29, 0.717) is 50.9 Å². The van der Waals surface area contributed by atoms with Crippen molar-refractivity contribution in [3.63, 3.8) is 0 Å². The van der Waals surface area contributed by atoms with Gasteiger partial charge in [0.25, 0.3) is 0 Å². The van der Waals surface area contributed by atoms with Crippen molar-refractivity contribution in [2.45, 2.75) is 45.2 Å². The molecule has 186 valence electrons. The van der Waals surface area contributed by atoms with Gasteiger partial charge in [-0.05, 0) is 61.6 Å². The molecule has 0 radical (unpaired) electrons. The maximum atomic E-state index is 13.5. The van der Waals surface area contributed by atoms with E-state index in [4.69, 9.17) is 10.00 Å². The van der Waals surface area contributed by atoms with Crippen LogP contribution in [0.2, 0.25) is 0 Å². The lowest BCUT2D eigenvalue weighted by molar-refractivity contribution is -0.137. The molecule has 1 N–H and O–H groups in total. The topological polar surface area (TPSA) is 68.6 Å². The number of halogens is 3. The van der Waals surface area contributed by atoms with Gasteiger partial charge in [0.2, 0.25) is 0 Å². The summed E-state index contributed by atoms with van der Waals surface area (Å²) in [6, 6.07) is 5.60. The van der Waals surface area contributed by atoms with E-state index in [1.54, 1.807) is 12.1 Å². The molecule has 0 bridgehead atoms. The maximum Gasteiger partial charge on any atom is 0.417 e. The molecule has 1 atom stereocenters. The molecule has 34 heavy (non-hydrogen) atoms. The van der Waals surface area contributed by atoms with Gasteiger partial charge in [0.1, 0.15) is 0 Å². The van der Waals surface area contributed by atoms with Crippen molar-refractivity contribution in [2.24, 2.45) is 17.3 Å². The van der Waals surface area contributed by atoms with Crippen LogP contribution in [-0.2, 0) is 10.9 Å². The van der Waals surface area contributed by atoms with E-state index in [9.17, 15) is 18.0 Å². The van der Waals surface area contributed by atoms with Gasteiger partial charge in [0, 0.05) is 50.9 Å². The number of piperidine rings is 1. The molecule has 6 nitrogen and oxygen atoms in total. The number of carbonyl (C=O) groups excluding carboxylic acids is 1. The van der Waals surface area contributed by atoms with Crippen LogP contribution in [0.1, 0.15) is 50.2 Å². The molecule has 2 saturated heterocycles. The molecule has 1 unspecified atom stereocenters. The minimum absolute atomic E-state index is 0.0463. The number of hydrogen-bond donors (Lipinski definition) is 1. The number of ether oxygens (including phenoxy) is 1. The van der Waals surface area contributed by atoms with Crippen molar-refractivity contribution in [3.05, 3.63) is 29.3 Å². The van der Waals surface area contributed by atoms with E-state index in [-0.39, 0.29) is 22.9 Å².